The number of benzene rings is 2. The van der Waals surface area contributed by atoms with E-state index in [2.05, 4.69) is 15.5 Å². The van der Waals surface area contributed by atoms with E-state index in [9.17, 15) is 9.59 Å². The summed E-state index contributed by atoms with van der Waals surface area (Å²) in [6, 6.07) is 10.8. The summed E-state index contributed by atoms with van der Waals surface area (Å²) in [7, 11) is 3.12. The van der Waals surface area contributed by atoms with Crippen molar-refractivity contribution in [1.82, 2.24) is 4.90 Å². The standard InChI is InChI=1S/C23H24ClN3O4/c1-30-15-6-8-20(31-2)19(12-15)25-21(28)17-11-14-4-3-9-27(14)23(17)16-10-13(24)5-7-18(16)26-22(23)29/h5-8,10,12,14,17H,3-4,9,11H2,1-2H3,(H,25,28)(H,26,29). The average molecular weight is 442 g/mol. The maximum Gasteiger partial charge on any atom is 0.250 e. The number of rotatable bonds is 4. The average Bonchev–Trinajstić information content (AvgIpc) is 3.42. The van der Waals surface area contributed by atoms with E-state index in [0.29, 0.717) is 28.6 Å². The third-order valence-corrected chi connectivity index (χ3v) is 7.04. The number of ether oxygens (including phenoxy) is 2. The molecule has 2 aromatic carbocycles. The fourth-order valence-corrected chi connectivity index (χ4v) is 5.70. The van der Waals surface area contributed by atoms with Gasteiger partial charge < -0.3 is 20.1 Å². The van der Waals surface area contributed by atoms with Crippen LogP contribution in [0.4, 0.5) is 11.4 Å². The van der Waals surface area contributed by atoms with Gasteiger partial charge >= 0.3 is 0 Å². The minimum Gasteiger partial charge on any atom is -0.497 e. The summed E-state index contributed by atoms with van der Waals surface area (Å²) in [6.45, 7) is 0.774. The van der Waals surface area contributed by atoms with E-state index in [1.54, 1.807) is 38.5 Å². The summed E-state index contributed by atoms with van der Waals surface area (Å²) in [5, 5.41) is 6.54. The van der Waals surface area contributed by atoms with E-state index in [-0.39, 0.29) is 17.9 Å². The van der Waals surface area contributed by atoms with Gasteiger partial charge in [0.1, 0.15) is 17.0 Å². The highest BCUT2D eigenvalue weighted by Crippen LogP contribution is 2.56. The lowest BCUT2D eigenvalue weighted by molar-refractivity contribution is -0.135. The van der Waals surface area contributed by atoms with Gasteiger partial charge in [0.25, 0.3) is 0 Å². The van der Waals surface area contributed by atoms with Gasteiger partial charge in [0, 0.05) is 28.4 Å². The summed E-state index contributed by atoms with van der Waals surface area (Å²) < 4.78 is 10.7. The molecule has 31 heavy (non-hydrogen) atoms. The first-order valence-electron chi connectivity index (χ1n) is 10.4. The minimum atomic E-state index is -1.06. The molecule has 8 heteroatoms. The molecule has 5 rings (SSSR count). The third kappa shape index (κ3) is 2.91. The number of carbonyl (C=O) groups is 2. The van der Waals surface area contributed by atoms with E-state index in [4.69, 9.17) is 21.1 Å². The van der Waals surface area contributed by atoms with E-state index in [1.807, 2.05) is 12.1 Å². The molecular formula is C23H24ClN3O4. The third-order valence-electron chi connectivity index (χ3n) is 6.81. The van der Waals surface area contributed by atoms with Gasteiger partial charge in [-0.1, -0.05) is 11.6 Å². The zero-order valence-corrected chi connectivity index (χ0v) is 18.2. The molecule has 0 radical (unpaired) electrons. The van der Waals surface area contributed by atoms with Crippen LogP contribution in [-0.4, -0.2) is 43.5 Å². The Hall–Kier alpha value is -2.77. The summed E-state index contributed by atoms with van der Waals surface area (Å²) in [5.41, 5.74) is 0.960. The number of methoxy groups -OCH3 is 2. The Morgan fingerprint density at radius 2 is 2.06 bits per heavy atom. The smallest absolute Gasteiger partial charge is 0.250 e. The fourth-order valence-electron chi connectivity index (χ4n) is 5.53. The van der Waals surface area contributed by atoms with Crippen LogP contribution in [-0.2, 0) is 15.1 Å². The Bertz CT molecular complexity index is 1070. The molecule has 3 atom stereocenters. The van der Waals surface area contributed by atoms with Crippen molar-refractivity contribution in [1.29, 1.82) is 0 Å². The Balaban J connectivity index is 1.57. The van der Waals surface area contributed by atoms with Gasteiger partial charge in [-0.15, -0.1) is 0 Å². The summed E-state index contributed by atoms with van der Waals surface area (Å²) in [6.07, 6.45) is 2.59. The van der Waals surface area contributed by atoms with Crippen molar-refractivity contribution in [3.8, 4) is 11.5 Å². The predicted octanol–water partition coefficient (Wildman–Crippen LogP) is 3.63. The maximum atomic E-state index is 13.7. The molecule has 3 unspecified atom stereocenters. The molecule has 0 aliphatic carbocycles. The molecule has 162 valence electrons. The van der Waals surface area contributed by atoms with Crippen LogP contribution in [0.1, 0.15) is 24.8 Å². The first-order chi connectivity index (χ1) is 15.0. The molecule has 3 heterocycles. The van der Waals surface area contributed by atoms with Crippen molar-refractivity contribution >= 4 is 34.8 Å². The summed E-state index contributed by atoms with van der Waals surface area (Å²) >= 11 is 6.32. The van der Waals surface area contributed by atoms with Crippen LogP contribution in [0.5, 0.6) is 11.5 Å². The molecule has 2 aromatic rings. The summed E-state index contributed by atoms with van der Waals surface area (Å²) in [5.74, 6) is 0.193. The zero-order valence-electron chi connectivity index (χ0n) is 17.4. The van der Waals surface area contributed by atoms with E-state index < -0.39 is 11.5 Å². The van der Waals surface area contributed by atoms with Gasteiger partial charge in [0.05, 0.1) is 25.8 Å². The first-order valence-corrected chi connectivity index (χ1v) is 10.8. The number of nitrogens with zero attached hydrogens (tertiary/aromatic N) is 1. The van der Waals surface area contributed by atoms with Gasteiger partial charge in [-0.2, -0.15) is 0 Å². The van der Waals surface area contributed by atoms with Crippen molar-refractivity contribution in [3.63, 3.8) is 0 Å². The van der Waals surface area contributed by atoms with Crippen molar-refractivity contribution in [2.75, 3.05) is 31.4 Å². The highest BCUT2D eigenvalue weighted by atomic mass is 35.5. The molecule has 2 amide bonds. The SMILES string of the molecule is COc1ccc(OC)c(NC(=O)C2CC3CCCN3C23C(=O)Nc2ccc(Cl)cc23)c1. The second-order valence-electron chi connectivity index (χ2n) is 8.24. The second kappa shape index (κ2) is 7.43. The van der Waals surface area contributed by atoms with Gasteiger partial charge in [-0.25, -0.2) is 0 Å². The molecule has 0 aromatic heterocycles. The molecule has 7 nitrogen and oxygen atoms in total. The van der Waals surface area contributed by atoms with Gasteiger partial charge in [0.15, 0.2) is 0 Å². The van der Waals surface area contributed by atoms with Crippen molar-refractivity contribution in [2.45, 2.75) is 30.8 Å². The Morgan fingerprint density at radius 1 is 1.23 bits per heavy atom. The molecule has 0 saturated carbocycles. The van der Waals surface area contributed by atoms with Crippen LogP contribution < -0.4 is 20.1 Å². The number of fused-ring (bicyclic) bond motifs is 4. The van der Waals surface area contributed by atoms with E-state index in [0.717, 1.165) is 30.6 Å². The van der Waals surface area contributed by atoms with Crippen LogP contribution in [0.25, 0.3) is 0 Å². The quantitative estimate of drug-likeness (QED) is 0.757. The van der Waals surface area contributed by atoms with Gasteiger partial charge in [0.2, 0.25) is 11.8 Å². The van der Waals surface area contributed by atoms with Crippen LogP contribution in [0.2, 0.25) is 5.02 Å². The topological polar surface area (TPSA) is 79.9 Å². The molecule has 3 aliphatic heterocycles. The number of amides is 2. The maximum absolute atomic E-state index is 13.7. The minimum absolute atomic E-state index is 0.160. The highest BCUT2D eigenvalue weighted by Gasteiger charge is 2.65. The first kappa shape index (κ1) is 20.2. The van der Waals surface area contributed by atoms with Crippen molar-refractivity contribution in [2.24, 2.45) is 5.92 Å². The van der Waals surface area contributed by atoms with Crippen LogP contribution in [0, 0.1) is 5.92 Å². The van der Waals surface area contributed by atoms with Crippen molar-refractivity contribution < 1.29 is 19.1 Å². The normalized spacial score (nSPS) is 26.5. The zero-order chi connectivity index (χ0) is 21.8. The molecule has 2 N–H and O–H groups in total. The molecule has 2 fully saturated rings. The predicted molar refractivity (Wildman–Crippen MR) is 118 cm³/mol. The lowest BCUT2D eigenvalue weighted by Crippen LogP contribution is -2.53. The molecule has 2 saturated heterocycles. The summed E-state index contributed by atoms with van der Waals surface area (Å²) in [4.78, 5) is 29.4. The van der Waals surface area contributed by atoms with E-state index in [1.165, 1.54) is 0 Å². The number of hydrogen-bond donors (Lipinski definition) is 2. The van der Waals surface area contributed by atoms with Crippen LogP contribution >= 0.6 is 11.6 Å². The number of anilines is 2. The number of nitrogens with one attached hydrogen (secondary N) is 2. The Morgan fingerprint density at radius 3 is 2.84 bits per heavy atom. The van der Waals surface area contributed by atoms with Crippen LogP contribution in [0.3, 0.4) is 0 Å². The van der Waals surface area contributed by atoms with E-state index >= 15 is 0 Å². The highest BCUT2D eigenvalue weighted by molar-refractivity contribution is 6.31. The Labute approximate surface area is 185 Å². The second-order valence-corrected chi connectivity index (χ2v) is 8.68. The van der Waals surface area contributed by atoms with Crippen molar-refractivity contribution in [3.05, 3.63) is 47.0 Å². The lowest BCUT2D eigenvalue weighted by atomic mass is 9.78. The molecular weight excluding hydrogens is 418 g/mol. The molecule has 3 aliphatic rings. The number of hydrogen-bond acceptors (Lipinski definition) is 5. The number of carbonyl (C=O) groups excluding carboxylic acids is 2. The molecule has 0 bridgehead atoms. The largest absolute Gasteiger partial charge is 0.497 e. The lowest BCUT2D eigenvalue weighted by Gasteiger charge is -2.36. The molecule has 1 spiro atoms. The van der Waals surface area contributed by atoms with Crippen LogP contribution in [0.15, 0.2) is 36.4 Å². The fraction of sp³-hybridized carbons (Fsp3) is 0.391. The van der Waals surface area contributed by atoms with Gasteiger partial charge in [-0.05, 0) is 56.1 Å². The Kier molecular flexibility index (Phi) is 4.83. The monoisotopic (exact) mass is 441 g/mol. The van der Waals surface area contributed by atoms with Gasteiger partial charge in [-0.3, -0.25) is 14.5 Å². The number of halogens is 1.